The average Bonchev–Trinajstić information content (AvgIpc) is 3.38. The van der Waals surface area contributed by atoms with Gasteiger partial charge in [-0.15, -0.1) is 0 Å². The van der Waals surface area contributed by atoms with E-state index in [0.717, 1.165) is 0 Å². The standard InChI is InChI=1S/C19H19N5O6S/c25-16(22-8-10-30-11-9-22)19(17(26)27)14-12-31(28,29)18-20-6-7-23(18)15(14)24(21-19)13-4-2-1-3-5-13/h1-7,21H,8-12H2,(H,26,27). The SMILES string of the molecule is O=C(O)C1(C(=O)N2CCOCC2)NN(c2ccccc2)C2=C1CS(=O)(=O)c1nccn12. The van der Waals surface area contributed by atoms with Crippen LogP contribution in [0.1, 0.15) is 0 Å². The summed E-state index contributed by atoms with van der Waals surface area (Å²) in [4.78, 5) is 31.6. The number of nitrogens with one attached hydrogen (secondary N) is 1. The van der Waals surface area contributed by atoms with E-state index in [0.29, 0.717) is 5.69 Å². The minimum atomic E-state index is -3.96. The minimum Gasteiger partial charge on any atom is -0.479 e. The van der Waals surface area contributed by atoms with Crippen molar-refractivity contribution in [1.29, 1.82) is 0 Å². The molecule has 3 aliphatic rings. The van der Waals surface area contributed by atoms with Gasteiger partial charge in [0.15, 0.2) is 0 Å². The zero-order valence-electron chi connectivity index (χ0n) is 16.3. The van der Waals surface area contributed by atoms with E-state index >= 15 is 0 Å². The van der Waals surface area contributed by atoms with Crippen molar-refractivity contribution in [3.8, 4) is 0 Å². The van der Waals surface area contributed by atoms with Crippen LogP contribution in [0.25, 0.3) is 5.82 Å². The van der Waals surface area contributed by atoms with Crippen LogP contribution in [0.2, 0.25) is 0 Å². The molecule has 4 heterocycles. The highest BCUT2D eigenvalue weighted by Gasteiger charge is 2.61. The number of aliphatic carboxylic acids is 1. The van der Waals surface area contributed by atoms with Gasteiger partial charge in [0, 0.05) is 31.1 Å². The molecule has 1 aromatic carbocycles. The summed E-state index contributed by atoms with van der Waals surface area (Å²) < 4.78 is 32.4. The number of carbonyl (C=O) groups is 2. The van der Waals surface area contributed by atoms with Crippen LogP contribution >= 0.6 is 0 Å². The fourth-order valence-corrected chi connectivity index (χ4v) is 5.69. The normalized spacial score (nSPS) is 24.6. The molecule has 1 atom stereocenters. The molecule has 5 rings (SSSR count). The summed E-state index contributed by atoms with van der Waals surface area (Å²) in [6, 6.07) is 8.78. The molecule has 3 aliphatic heterocycles. The molecule has 2 aromatic rings. The molecule has 0 radical (unpaired) electrons. The van der Waals surface area contributed by atoms with Gasteiger partial charge >= 0.3 is 5.97 Å². The lowest BCUT2D eigenvalue weighted by Crippen LogP contribution is -2.65. The van der Waals surface area contributed by atoms with E-state index in [1.807, 2.05) is 0 Å². The number of benzene rings is 1. The summed E-state index contributed by atoms with van der Waals surface area (Å²) in [5, 5.41) is 11.6. The van der Waals surface area contributed by atoms with E-state index in [1.165, 1.54) is 26.9 Å². The molecule has 1 aromatic heterocycles. The van der Waals surface area contributed by atoms with Crippen molar-refractivity contribution in [3.63, 3.8) is 0 Å². The maximum atomic E-state index is 13.6. The number of nitrogens with zero attached hydrogens (tertiary/aromatic N) is 4. The Morgan fingerprint density at radius 1 is 1.16 bits per heavy atom. The molecule has 0 aliphatic carbocycles. The third kappa shape index (κ3) is 2.79. The Morgan fingerprint density at radius 2 is 1.87 bits per heavy atom. The van der Waals surface area contributed by atoms with Gasteiger partial charge in [0.25, 0.3) is 5.91 Å². The topological polar surface area (TPSA) is 134 Å². The number of morpholine rings is 1. The minimum absolute atomic E-state index is 0.0501. The molecule has 0 saturated carbocycles. The van der Waals surface area contributed by atoms with Crippen molar-refractivity contribution < 1.29 is 27.9 Å². The Hall–Kier alpha value is -3.22. The van der Waals surface area contributed by atoms with Crippen molar-refractivity contribution in [2.24, 2.45) is 0 Å². The molecule has 12 heteroatoms. The van der Waals surface area contributed by atoms with Gasteiger partial charge in [0.2, 0.25) is 20.5 Å². The maximum absolute atomic E-state index is 13.6. The second-order valence-corrected chi connectivity index (χ2v) is 9.27. The van der Waals surface area contributed by atoms with Crippen molar-refractivity contribution in [3.05, 3.63) is 48.3 Å². The molecule has 1 amide bonds. The number of hydrogen-bond acceptors (Lipinski definition) is 8. The van der Waals surface area contributed by atoms with Crippen LogP contribution in [0.15, 0.2) is 53.5 Å². The van der Waals surface area contributed by atoms with Gasteiger partial charge in [-0.2, -0.15) is 5.43 Å². The van der Waals surface area contributed by atoms with E-state index in [-0.39, 0.29) is 42.9 Å². The van der Waals surface area contributed by atoms with E-state index < -0.39 is 33.0 Å². The fourth-order valence-electron chi connectivity index (χ4n) is 4.17. The monoisotopic (exact) mass is 445 g/mol. The number of imidazole rings is 1. The number of para-hydroxylation sites is 1. The third-order valence-electron chi connectivity index (χ3n) is 5.62. The number of ether oxygens (including phenoxy) is 1. The average molecular weight is 445 g/mol. The lowest BCUT2D eigenvalue weighted by Gasteiger charge is -2.35. The molecule has 11 nitrogen and oxygen atoms in total. The number of rotatable bonds is 3. The first-order valence-corrected chi connectivity index (χ1v) is 11.2. The Kier molecular flexibility index (Phi) is 4.39. The van der Waals surface area contributed by atoms with Gasteiger partial charge < -0.3 is 14.7 Å². The summed E-state index contributed by atoms with van der Waals surface area (Å²) in [5.41, 5.74) is 1.06. The Labute approximate surface area is 177 Å². The van der Waals surface area contributed by atoms with Crippen LogP contribution in [0.3, 0.4) is 0 Å². The Bertz CT molecular complexity index is 1200. The first-order chi connectivity index (χ1) is 14.9. The summed E-state index contributed by atoms with van der Waals surface area (Å²) in [7, 11) is -3.96. The molecule has 0 bridgehead atoms. The molecule has 0 spiro atoms. The summed E-state index contributed by atoms with van der Waals surface area (Å²) >= 11 is 0. The predicted octanol–water partition coefficient (Wildman–Crippen LogP) is -0.454. The Morgan fingerprint density at radius 3 is 2.55 bits per heavy atom. The number of sulfone groups is 1. The van der Waals surface area contributed by atoms with Gasteiger partial charge in [0.05, 0.1) is 24.7 Å². The first-order valence-electron chi connectivity index (χ1n) is 9.60. The van der Waals surface area contributed by atoms with E-state index in [2.05, 4.69) is 10.4 Å². The van der Waals surface area contributed by atoms with E-state index in [4.69, 9.17) is 4.74 Å². The van der Waals surface area contributed by atoms with Gasteiger partial charge in [-0.3, -0.25) is 14.4 Å². The van der Waals surface area contributed by atoms with Crippen LogP contribution < -0.4 is 10.4 Å². The number of aromatic nitrogens is 2. The lowest BCUT2D eigenvalue weighted by molar-refractivity contribution is -0.154. The van der Waals surface area contributed by atoms with Gasteiger partial charge in [-0.1, -0.05) is 18.2 Å². The van der Waals surface area contributed by atoms with Crippen molar-refractivity contribution in [2.75, 3.05) is 37.1 Å². The molecular weight excluding hydrogens is 426 g/mol. The molecule has 2 N–H and O–H groups in total. The number of carboxylic acid groups (broad SMARTS) is 1. The van der Waals surface area contributed by atoms with E-state index in [9.17, 15) is 23.1 Å². The van der Waals surface area contributed by atoms with Crippen LogP contribution in [0.4, 0.5) is 5.69 Å². The second kappa shape index (κ2) is 6.90. The number of hydrazine groups is 1. The van der Waals surface area contributed by atoms with Crippen molar-refractivity contribution in [1.82, 2.24) is 19.9 Å². The second-order valence-electron chi connectivity index (χ2n) is 7.38. The van der Waals surface area contributed by atoms with E-state index in [1.54, 1.807) is 30.3 Å². The predicted molar refractivity (Wildman–Crippen MR) is 107 cm³/mol. The molecule has 1 unspecified atom stereocenters. The highest BCUT2D eigenvalue weighted by atomic mass is 32.2. The van der Waals surface area contributed by atoms with Crippen LogP contribution in [-0.2, 0) is 24.2 Å². The molecule has 31 heavy (non-hydrogen) atoms. The molecule has 1 fully saturated rings. The number of carbonyl (C=O) groups excluding carboxylic acids is 1. The molecule has 1 saturated heterocycles. The largest absolute Gasteiger partial charge is 0.479 e. The number of fused-ring (bicyclic) bond motifs is 2. The number of anilines is 1. The maximum Gasteiger partial charge on any atom is 0.340 e. The van der Waals surface area contributed by atoms with Gasteiger partial charge in [-0.25, -0.2) is 18.2 Å². The zero-order valence-corrected chi connectivity index (χ0v) is 17.1. The van der Waals surface area contributed by atoms with Gasteiger partial charge in [-0.05, 0) is 12.1 Å². The van der Waals surface area contributed by atoms with Crippen LogP contribution in [0, 0.1) is 0 Å². The quantitative estimate of drug-likeness (QED) is 0.602. The smallest absolute Gasteiger partial charge is 0.340 e. The third-order valence-corrected chi connectivity index (χ3v) is 7.14. The van der Waals surface area contributed by atoms with Crippen molar-refractivity contribution >= 4 is 33.2 Å². The number of carboxylic acids is 1. The molecular formula is C19H19N5O6S. The summed E-state index contributed by atoms with van der Waals surface area (Å²) in [5.74, 6) is -2.60. The number of amides is 1. The summed E-state index contributed by atoms with van der Waals surface area (Å²) in [6.45, 7) is 0.985. The summed E-state index contributed by atoms with van der Waals surface area (Å²) in [6.07, 6.45) is 2.77. The van der Waals surface area contributed by atoms with Gasteiger partial charge in [0.1, 0.15) is 5.82 Å². The zero-order chi connectivity index (χ0) is 21.8. The highest BCUT2D eigenvalue weighted by molar-refractivity contribution is 7.91. The first kappa shape index (κ1) is 19.7. The Balaban J connectivity index is 1.75. The highest BCUT2D eigenvalue weighted by Crippen LogP contribution is 2.42. The van der Waals surface area contributed by atoms with Crippen LogP contribution in [0.5, 0.6) is 0 Å². The van der Waals surface area contributed by atoms with Crippen molar-refractivity contribution in [2.45, 2.75) is 10.7 Å². The van der Waals surface area contributed by atoms with Crippen LogP contribution in [-0.4, -0.2) is 77.4 Å². The lowest BCUT2D eigenvalue weighted by atomic mass is 9.90. The molecule has 162 valence electrons. The fraction of sp³-hybridized carbons (Fsp3) is 0.316. The number of hydrogen-bond donors (Lipinski definition) is 2.